The Bertz CT molecular complexity index is 1150. The summed E-state index contributed by atoms with van der Waals surface area (Å²) >= 11 is 0. The molecule has 4 rings (SSSR count). The number of carbonyl (C=O) groups is 2. The average Bonchev–Trinajstić information content (AvgIpc) is 2.82. The van der Waals surface area contributed by atoms with Crippen LogP contribution in [0.15, 0.2) is 109 Å². The van der Waals surface area contributed by atoms with Gasteiger partial charge in [0.25, 0.3) is 11.8 Å². The Morgan fingerprint density at radius 1 is 0.613 bits per heavy atom. The third kappa shape index (κ3) is 4.54. The van der Waals surface area contributed by atoms with Crippen molar-refractivity contribution in [2.24, 2.45) is 0 Å². The summed E-state index contributed by atoms with van der Waals surface area (Å²) in [6, 6.07) is 33.3. The number of rotatable bonds is 5. The van der Waals surface area contributed by atoms with Crippen LogP contribution in [0.2, 0.25) is 0 Å². The minimum atomic E-state index is -0.325. The molecular formula is C27H22N2O2. The van der Waals surface area contributed by atoms with Crippen molar-refractivity contribution in [1.82, 2.24) is 0 Å². The van der Waals surface area contributed by atoms with Gasteiger partial charge in [0.15, 0.2) is 0 Å². The highest BCUT2D eigenvalue weighted by Crippen LogP contribution is 2.28. The van der Waals surface area contributed by atoms with Crippen LogP contribution in [0.25, 0.3) is 0 Å². The van der Waals surface area contributed by atoms with Crippen molar-refractivity contribution in [3.05, 3.63) is 126 Å². The molecule has 0 radical (unpaired) electrons. The van der Waals surface area contributed by atoms with Gasteiger partial charge in [0.2, 0.25) is 0 Å². The van der Waals surface area contributed by atoms with Crippen LogP contribution < -0.4 is 10.2 Å². The van der Waals surface area contributed by atoms with Gasteiger partial charge in [-0.25, -0.2) is 0 Å². The summed E-state index contributed by atoms with van der Waals surface area (Å²) in [5.41, 5.74) is 3.90. The standard InChI is InChI=1S/C27H22N2O2/c1-20-16-18-21(19-17-20)28-26(30)24-14-8-9-15-25(24)27(31)29(22-10-4-2-5-11-22)23-12-6-3-7-13-23/h2-19H,1H3,(H,28,30). The number of para-hydroxylation sites is 2. The van der Waals surface area contributed by atoms with Gasteiger partial charge in [-0.3, -0.25) is 14.5 Å². The predicted molar refractivity (Wildman–Crippen MR) is 125 cm³/mol. The van der Waals surface area contributed by atoms with E-state index in [4.69, 9.17) is 0 Å². The lowest BCUT2D eigenvalue weighted by atomic mass is 10.0. The molecular weight excluding hydrogens is 384 g/mol. The Morgan fingerprint density at radius 3 is 1.65 bits per heavy atom. The molecule has 0 saturated heterocycles. The Hall–Kier alpha value is -4.18. The van der Waals surface area contributed by atoms with Crippen LogP contribution in [-0.4, -0.2) is 11.8 Å². The van der Waals surface area contributed by atoms with Crippen molar-refractivity contribution in [3.63, 3.8) is 0 Å². The monoisotopic (exact) mass is 406 g/mol. The zero-order valence-corrected chi connectivity index (χ0v) is 17.2. The number of aryl methyl sites for hydroxylation is 1. The van der Waals surface area contributed by atoms with E-state index in [9.17, 15) is 9.59 Å². The van der Waals surface area contributed by atoms with Crippen molar-refractivity contribution >= 4 is 28.9 Å². The summed E-state index contributed by atoms with van der Waals surface area (Å²) in [7, 11) is 0. The van der Waals surface area contributed by atoms with Crippen LogP contribution >= 0.6 is 0 Å². The molecule has 4 aromatic rings. The molecule has 0 saturated carbocycles. The maximum absolute atomic E-state index is 13.7. The van der Waals surface area contributed by atoms with E-state index in [0.29, 0.717) is 16.8 Å². The van der Waals surface area contributed by atoms with Gasteiger partial charge in [0, 0.05) is 17.1 Å². The average molecular weight is 406 g/mol. The van der Waals surface area contributed by atoms with Gasteiger partial charge in [-0.15, -0.1) is 0 Å². The number of nitrogens with zero attached hydrogens (tertiary/aromatic N) is 1. The lowest BCUT2D eigenvalue weighted by molar-refractivity contribution is 0.0976. The minimum absolute atomic E-state index is 0.271. The van der Waals surface area contributed by atoms with Crippen LogP contribution in [0.4, 0.5) is 17.1 Å². The predicted octanol–water partition coefficient (Wildman–Crippen LogP) is 6.23. The molecule has 31 heavy (non-hydrogen) atoms. The van der Waals surface area contributed by atoms with Crippen LogP contribution in [-0.2, 0) is 0 Å². The van der Waals surface area contributed by atoms with Gasteiger partial charge in [-0.2, -0.15) is 0 Å². The summed E-state index contributed by atoms with van der Waals surface area (Å²) in [4.78, 5) is 28.4. The smallest absolute Gasteiger partial charge is 0.263 e. The minimum Gasteiger partial charge on any atom is -0.322 e. The molecule has 0 aliphatic heterocycles. The lowest BCUT2D eigenvalue weighted by Crippen LogP contribution is -2.28. The van der Waals surface area contributed by atoms with E-state index in [0.717, 1.165) is 16.9 Å². The van der Waals surface area contributed by atoms with Crippen molar-refractivity contribution < 1.29 is 9.59 Å². The zero-order valence-electron chi connectivity index (χ0n) is 17.2. The van der Waals surface area contributed by atoms with E-state index in [1.54, 1.807) is 29.2 Å². The topological polar surface area (TPSA) is 49.4 Å². The quantitative estimate of drug-likeness (QED) is 0.427. The van der Waals surface area contributed by atoms with E-state index in [2.05, 4.69) is 5.32 Å². The van der Waals surface area contributed by atoms with Crippen molar-refractivity contribution in [1.29, 1.82) is 0 Å². The van der Waals surface area contributed by atoms with Crippen LogP contribution in [0.3, 0.4) is 0 Å². The molecule has 0 aromatic heterocycles. The fourth-order valence-electron chi connectivity index (χ4n) is 3.36. The molecule has 0 heterocycles. The first-order valence-electron chi connectivity index (χ1n) is 10.0. The highest BCUT2D eigenvalue weighted by Gasteiger charge is 2.24. The molecule has 0 spiro atoms. The fourth-order valence-corrected chi connectivity index (χ4v) is 3.36. The van der Waals surface area contributed by atoms with E-state index in [-0.39, 0.29) is 11.8 Å². The first kappa shape index (κ1) is 20.1. The van der Waals surface area contributed by atoms with Crippen molar-refractivity contribution in [3.8, 4) is 0 Å². The molecule has 0 atom stereocenters. The molecule has 4 heteroatoms. The van der Waals surface area contributed by atoms with Crippen molar-refractivity contribution in [2.45, 2.75) is 6.92 Å². The highest BCUT2D eigenvalue weighted by atomic mass is 16.2. The molecule has 0 unspecified atom stereocenters. The Balaban J connectivity index is 1.72. The second-order valence-electron chi connectivity index (χ2n) is 7.18. The lowest BCUT2D eigenvalue weighted by Gasteiger charge is -2.24. The maximum Gasteiger partial charge on any atom is 0.263 e. The molecule has 4 aromatic carbocycles. The van der Waals surface area contributed by atoms with Crippen LogP contribution in [0.5, 0.6) is 0 Å². The molecule has 0 fully saturated rings. The first-order chi connectivity index (χ1) is 15.1. The first-order valence-corrected chi connectivity index (χ1v) is 10.0. The van der Waals surface area contributed by atoms with Crippen molar-refractivity contribution in [2.75, 3.05) is 10.2 Å². The van der Waals surface area contributed by atoms with Gasteiger partial charge in [-0.05, 0) is 55.5 Å². The normalized spacial score (nSPS) is 10.4. The molecule has 1 N–H and O–H groups in total. The summed E-state index contributed by atoms with van der Waals surface area (Å²) in [6.45, 7) is 1.99. The summed E-state index contributed by atoms with van der Waals surface area (Å²) < 4.78 is 0. The van der Waals surface area contributed by atoms with E-state index < -0.39 is 0 Å². The van der Waals surface area contributed by atoms with Gasteiger partial charge >= 0.3 is 0 Å². The molecule has 0 bridgehead atoms. The van der Waals surface area contributed by atoms with E-state index >= 15 is 0 Å². The largest absolute Gasteiger partial charge is 0.322 e. The second-order valence-corrected chi connectivity index (χ2v) is 7.18. The van der Waals surface area contributed by atoms with Gasteiger partial charge < -0.3 is 5.32 Å². The Labute approximate surface area is 181 Å². The van der Waals surface area contributed by atoms with Gasteiger partial charge in [-0.1, -0.05) is 66.2 Å². The fraction of sp³-hybridized carbons (Fsp3) is 0.0370. The van der Waals surface area contributed by atoms with Gasteiger partial charge in [0.1, 0.15) is 0 Å². The number of hydrogen-bond acceptors (Lipinski definition) is 2. The zero-order chi connectivity index (χ0) is 21.6. The molecule has 152 valence electrons. The van der Waals surface area contributed by atoms with E-state index in [1.807, 2.05) is 91.9 Å². The summed E-state index contributed by atoms with van der Waals surface area (Å²) in [6.07, 6.45) is 0. The number of benzene rings is 4. The highest BCUT2D eigenvalue weighted by molar-refractivity contribution is 6.18. The number of amides is 2. The Kier molecular flexibility index (Phi) is 5.90. The number of nitrogens with one attached hydrogen (secondary N) is 1. The van der Waals surface area contributed by atoms with Crippen LogP contribution in [0, 0.1) is 6.92 Å². The summed E-state index contributed by atoms with van der Waals surface area (Å²) in [5.74, 6) is -0.596. The molecule has 4 nitrogen and oxygen atoms in total. The SMILES string of the molecule is Cc1ccc(NC(=O)c2ccccc2C(=O)N(c2ccccc2)c2ccccc2)cc1. The third-order valence-corrected chi connectivity index (χ3v) is 4.94. The molecule has 0 aliphatic rings. The maximum atomic E-state index is 13.7. The van der Waals surface area contributed by atoms with Crippen LogP contribution in [0.1, 0.15) is 26.3 Å². The third-order valence-electron chi connectivity index (χ3n) is 4.94. The Morgan fingerprint density at radius 2 is 1.10 bits per heavy atom. The number of anilines is 3. The summed E-state index contributed by atoms with van der Waals surface area (Å²) in [5, 5.41) is 2.89. The molecule has 0 aliphatic carbocycles. The second kappa shape index (κ2) is 9.09. The van der Waals surface area contributed by atoms with E-state index in [1.165, 1.54) is 0 Å². The number of carbonyl (C=O) groups excluding carboxylic acids is 2. The van der Waals surface area contributed by atoms with Gasteiger partial charge in [0.05, 0.1) is 11.1 Å². The molecule has 2 amide bonds. The number of hydrogen-bond donors (Lipinski definition) is 1.